The van der Waals surface area contributed by atoms with Crippen molar-refractivity contribution in [3.8, 4) is 11.5 Å². The number of pyridine rings is 2. The first-order chi connectivity index (χ1) is 28.0. The number of fused-ring (bicyclic) bond motifs is 2. The lowest BCUT2D eigenvalue weighted by Crippen LogP contribution is -3.00. The van der Waals surface area contributed by atoms with Gasteiger partial charge in [-0.15, -0.1) is 0 Å². The Morgan fingerprint density at radius 1 is 0.712 bits per heavy atom. The number of aromatic nitrogens is 2. The Labute approximate surface area is 365 Å². The zero-order valence-corrected chi connectivity index (χ0v) is 36.2. The lowest BCUT2D eigenvalue weighted by atomic mass is 9.81. The maximum Gasteiger partial charge on any atom is 0.411 e. The van der Waals surface area contributed by atoms with Crippen LogP contribution in [0.3, 0.4) is 0 Å². The van der Waals surface area contributed by atoms with Gasteiger partial charge in [-0.05, 0) is 103 Å². The van der Waals surface area contributed by atoms with Gasteiger partial charge in [-0.1, -0.05) is 34.8 Å². The number of hydrogen-bond acceptors (Lipinski definition) is 8. The van der Waals surface area contributed by atoms with Gasteiger partial charge in [0.2, 0.25) is 0 Å². The zero-order valence-electron chi connectivity index (χ0n) is 33.2. The van der Waals surface area contributed by atoms with E-state index in [1.54, 1.807) is 61.4 Å². The molecule has 2 fully saturated rings. The van der Waals surface area contributed by atoms with Crippen molar-refractivity contribution in [1.82, 2.24) is 14.9 Å². The molecule has 2 N–H and O–H groups in total. The van der Waals surface area contributed by atoms with Crippen LogP contribution in [0.15, 0.2) is 73.1 Å². The van der Waals surface area contributed by atoms with Gasteiger partial charge in [0.1, 0.15) is 21.8 Å². The van der Waals surface area contributed by atoms with E-state index < -0.39 is 5.56 Å². The average Bonchev–Trinajstić information content (AvgIpc) is 3.82. The average molecular weight is 887 g/mol. The summed E-state index contributed by atoms with van der Waals surface area (Å²) < 4.78 is 16.0. The standard InChI is InChI=1S/C23H25Cl2N3O4.C20H22ClN3O2.ClH/c1-14(24)32-23(30)27-9-6-15(7-10-27)19-13-28(20-4-3-17(31-2)12-18(19)20)22(29)16-5-8-26-21(25)11-16;1-26-15-2-3-18-16(11-15)17(13-4-7-22-8-5-13)12-24(18)20(25)14-6-9-23-19(21)10-14;/h3-5,8,11-12,14-15,19H,6-7,9-10,13H2,1-2H3;2-3,6,9-11,13,17,22H,4-5,7-8,12H2,1H3;1H. The fourth-order valence-electron chi connectivity index (χ4n) is 8.82. The number of anilines is 2. The summed E-state index contributed by atoms with van der Waals surface area (Å²) >= 11 is 17.8. The van der Waals surface area contributed by atoms with Gasteiger partial charge < -0.3 is 46.6 Å². The number of nitrogens with two attached hydrogens (primary N) is 1. The van der Waals surface area contributed by atoms with Crippen LogP contribution >= 0.6 is 34.8 Å². The summed E-state index contributed by atoms with van der Waals surface area (Å²) in [6.45, 7) is 6.41. The molecule has 0 saturated carbocycles. The third kappa shape index (κ3) is 10.0. The molecule has 12 nitrogen and oxygen atoms in total. The lowest BCUT2D eigenvalue weighted by molar-refractivity contribution is -0.665. The highest BCUT2D eigenvalue weighted by Crippen LogP contribution is 2.47. The van der Waals surface area contributed by atoms with Gasteiger partial charge in [-0.25, -0.2) is 14.8 Å². The number of carbonyl (C=O) groups is 3. The highest BCUT2D eigenvalue weighted by Gasteiger charge is 2.40. The number of quaternary nitrogens is 1. The summed E-state index contributed by atoms with van der Waals surface area (Å²) in [5.41, 5.74) is 4.60. The Morgan fingerprint density at radius 3 is 1.59 bits per heavy atom. The highest BCUT2D eigenvalue weighted by molar-refractivity contribution is 6.30. The van der Waals surface area contributed by atoms with Crippen molar-refractivity contribution in [2.75, 3.05) is 63.3 Å². The van der Waals surface area contributed by atoms with Crippen molar-refractivity contribution >= 4 is 64.1 Å². The smallest absolute Gasteiger partial charge is 0.411 e. The SMILES string of the molecule is COc1ccc2c(c1)C(C1CCN(C(=O)OC(C)Cl)CC1)CN2C(=O)c1ccnc(Cl)c1.COc1ccc2c(c1)C(C1CC[NH2+]CC1)CN2C(=O)c1ccnc(Cl)c1.[Cl-]. The van der Waals surface area contributed by atoms with Crippen LogP contribution < -0.4 is 37.0 Å². The van der Waals surface area contributed by atoms with E-state index in [2.05, 4.69) is 21.4 Å². The molecule has 314 valence electrons. The topological polar surface area (TPSA) is 131 Å². The van der Waals surface area contributed by atoms with Gasteiger partial charge in [-0.2, -0.15) is 0 Å². The molecule has 8 rings (SSSR count). The Balaban J connectivity index is 0.000000199. The quantitative estimate of drug-likeness (QED) is 0.214. The molecule has 0 radical (unpaired) electrons. The first-order valence-electron chi connectivity index (χ1n) is 19.7. The molecule has 4 aromatic rings. The molecule has 59 heavy (non-hydrogen) atoms. The molecule has 3 amide bonds. The van der Waals surface area contributed by atoms with E-state index in [-0.39, 0.29) is 41.4 Å². The van der Waals surface area contributed by atoms with Gasteiger partial charge in [0.05, 0.1) is 27.3 Å². The number of alkyl halides is 1. The number of amides is 3. The normalized spacial score (nSPS) is 19.4. The van der Waals surface area contributed by atoms with Crippen molar-refractivity contribution < 1.29 is 46.3 Å². The number of likely N-dealkylation sites (tertiary alicyclic amines) is 1. The summed E-state index contributed by atoms with van der Waals surface area (Å²) in [6, 6.07) is 18.5. The van der Waals surface area contributed by atoms with Crippen LogP contribution in [0, 0.1) is 11.8 Å². The predicted molar refractivity (Wildman–Crippen MR) is 224 cm³/mol. The summed E-state index contributed by atoms with van der Waals surface area (Å²) in [7, 11) is 3.32. The number of rotatable bonds is 7. The Bertz CT molecular complexity index is 2130. The van der Waals surface area contributed by atoms with E-state index in [1.807, 2.05) is 35.2 Å². The van der Waals surface area contributed by atoms with Crippen LogP contribution in [-0.4, -0.2) is 91.8 Å². The fraction of sp³-hybridized carbons (Fsp3) is 0.419. The molecule has 0 spiro atoms. The summed E-state index contributed by atoms with van der Waals surface area (Å²) in [6.07, 6.45) is 6.73. The molecular weight excluding hydrogens is 838 g/mol. The maximum absolute atomic E-state index is 13.3. The monoisotopic (exact) mass is 884 g/mol. The molecule has 0 bridgehead atoms. The zero-order chi connectivity index (χ0) is 40.9. The van der Waals surface area contributed by atoms with E-state index in [0.717, 1.165) is 54.4 Å². The molecule has 6 heterocycles. The molecule has 3 unspecified atom stereocenters. The molecule has 16 heteroatoms. The van der Waals surface area contributed by atoms with Crippen molar-refractivity contribution in [1.29, 1.82) is 0 Å². The van der Waals surface area contributed by atoms with Crippen molar-refractivity contribution in [3.63, 3.8) is 0 Å². The first-order valence-corrected chi connectivity index (χ1v) is 20.9. The van der Waals surface area contributed by atoms with Gasteiger partial charge in [0, 0.05) is 85.8 Å². The summed E-state index contributed by atoms with van der Waals surface area (Å²) in [4.78, 5) is 52.0. The number of benzene rings is 2. The second kappa shape index (κ2) is 19.8. The van der Waals surface area contributed by atoms with Crippen molar-refractivity contribution in [3.05, 3.63) is 106 Å². The Kier molecular flexibility index (Phi) is 14.9. The van der Waals surface area contributed by atoms with Crippen LogP contribution in [0.25, 0.3) is 0 Å². The highest BCUT2D eigenvalue weighted by atomic mass is 35.5. The molecule has 3 atom stereocenters. The predicted octanol–water partition coefficient (Wildman–Crippen LogP) is 4.39. The minimum Gasteiger partial charge on any atom is -1.00 e. The van der Waals surface area contributed by atoms with E-state index in [4.69, 9.17) is 49.0 Å². The molecule has 2 saturated heterocycles. The maximum atomic E-state index is 13.3. The third-order valence-corrected chi connectivity index (χ3v) is 12.2. The number of carbonyl (C=O) groups excluding carboxylic acids is 3. The van der Waals surface area contributed by atoms with E-state index in [9.17, 15) is 14.4 Å². The number of halogens is 4. The second-order valence-electron chi connectivity index (χ2n) is 15.1. The molecule has 4 aliphatic rings. The van der Waals surface area contributed by atoms with Gasteiger partial charge in [-0.3, -0.25) is 9.59 Å². The van der Waals surface area contributed by atoms with Gasteiger partial charge in [0.15, 0.2) is 5.56 Å². The Hall–Kier alpha value is -4.33. The molecule has 2 aromatic carbocycles. The van der Waals surface area contributed by atoms with Crippen molar-refractivity contribution in [2.45, 2.75) is 50.0 Å². The number of methoxy groups -OCH3 is 2. The number of nitrogens with zero attached hydrogens (tertiary/aromatic N) is 5. The number of ether oxygens (including phenoxy) is 3. The van der Waals surface area contributed by atoms with Gasteiger partial charge in [0.25, 0.3) is 11.8 Å². The lowest BCUT2D eigenvalue weighted by Gasteiger charge is -2.34. The van der Waals surface area contributed by atoms with E-state index in [1.165, 1.54) is 24.6 Å². The van der Waals surface area contributed by atoms with E-state index in [0.29, 0.717) is 60.2 Å². The molecule has 0 aliphatic carbocycles. The van der Waals surface area contributed by atoms with Crippen LogP contribution in [0.2, 0.25) is 10.3 Å². The number of hydrogen-bond donors (Lipinski definition) is 1. The van der Waals surface area contributed by atoms with E-state index >= 15 is 0 Å². The van der Waals surface area contributed by atoms with Crippen LogP contribution in [0.4, 0.5) is 16.2 Å². The van der Waals surface area contributed by atoms with Crippen LogP contribution in [0.5, 0.6) is 11.5 Å². The molecule has 2 aromatic heterocycles. The first kappa shape index (κ1) is 44.2. The third-order valence-electron chi connectivity index (χ3n) is 11.7. The molecule has 4 aliphatic heterocycles. The largest absolute Gasteiger partial charge is 1.00 e. The second-order valence-corrected chi connectivity index (χ2v) is 16.5. The van der Waals surface area contributed by atoms with Gasteiger partial charge >= 0.3 is 6.09 Å². The summed E-state index contributed by atoms with van der Waals surface area (Å²) in [5.74, 6) is 2.89. The number of piperidine rings is 2. The van der Waals surface area contributed by atoms with Crippen LogP contribution in [-0.2, 0) is 4.74 Å². The van der Waals surface area contributed by atoms with Crippen molar-refractivity contribution in [2.24, 2.45) is 11.8 Å². The fourth-order valence-corrected chi connectivity index (χ4v) is 9.24. The Morgan fingerprint density at radius 2 is 1.17 bits per heavy atom. The summed E-state index contributed by atoms with van der Waals surface area (Å²) in [5, 5.41) is 3.00. The minimum atomic E-state index is -0.657. The molecular formula is C43H48Cl4N6O6. The van der Waals surface area contributed by atoms with Crippen LogP contribution in [0.1, 0.15) is 76.3 Å². The minimum absolute atomic E-state index is 0.